The molecule has 3 amide bonds. The largest absolute Gasteiger partial charge is 0.497 e. The Labute approximate surface area is 240 Å². The molecule has 1 heterocycles. The molecule has 4 atom stereocenters. The average molecular weight is 570 g/mol. The summed E-state index contributed by atoms with van der Waals surface area (Å²) >= 11 is 0. The lowest BCUT2D eigenvalue weighted by atomic mass is 9.94. The van der Waals surface area contributed by atoms with Gasteiger partial charge in [0.1, 0.15) is 30.2 Å². The average Bonchev–Trinajstić information content (AvgIpc) is 3.73. The molecule has 0 aliphatic carbocycles. The predicted octanol–water partition coefficient (Wildman–Crippen LogP) is 1.32. The van der Waals surface area contributed by atoms with Crippen molar-refractivity contribution in [2.75, 3.05) is 34.2 Å². The van der Waals surface area contributed by atoms with E-state index in [0.29, 0.717) is 5.75 Å². The van der Waals surface area contributed by atoms with Gasteiger partial charge in [0.2, 0.25) is 17.7 Å². The summed E-state index contributed by atoms with van der Waals surface area (Å²) in [6.07, 6.45) is 0.457. The van der Waals surface area contributed by atoms with Crippen molar-refractivity contribution in [3.05, 3.63) is 65.7 Å². The molecule has 3 rings (SSSR count). The number of epoxide rings is 1. The Hall–Kier alpha value is -3.80. The fourth-order valence-electron chi connectivity index (χ4n) is 4.14. The van der Waals surface area contributed by atoms with E-state index in [-0.39, 0.29) is 51.0 Å². The Balaban J connectivity index is 1.73. The Kier molecular flexibility index (Phi) is 11.8. The highest BCUT2D eigenvalue weighted by molar-refractivity contribution is 5.98. The Morgan fingerprint density at radius 1 is 0.878 bits per heavy atom. The number of benzene rings is 2. The summed E-state index contributed by atoms with van der Waals surface area (Å²) in [7, 11) is 3.03. The number of carbonyl (C=O) groups excluding carboxylic acids is 4. The van der Waals surface area contributed by atoms with Crippen LogP contribution < -0.4 is 20.7 Å². The van der Waals surface area contributed by atoms with Crippen molar-refractivity contribution in [3.63, 3.8) is 0 Å². The number of nitrogens with one attached hydrogen (secondary N) is 3. The fraction of sp³-hybridized carbons (Fsp3) is 0.467. The van der Waals surface area contributed by atoms with E-state index >= 15 is 0 Å². The molecule has 41 heavy (non-hydrogen) atoms. The van der Waals surface area contributed by atoms with Gasteiger partial charge in [-0.1, -0.05) is 42.5 Å². The maximum absolute atomic E-state index is 13.6. The second kappa shape index (κ2) is 15.3. The lowest BCUT2D eigenvalue weighted by molar-refractivity contribution is -0.134. The van der Waals surface area contributed by atoms with Crippen molar-refractivity contribution in [1.29, 1.82) is 0 Å². The monoisotopic (exact) mass is 569 g/mol. The molecule has 2 aromatic rings. The number of rotatable bonds is 17. The van der Waals surface area contributed by atoms with Crippen LogP contribution in [0.2, 0.25) is 0 Å². The first-order valence-corrected chi connectivity index (χ1v) is 13.5. The van der Waals surface area contributed by atoms with Crippen molar-refractivity contribution < 1.29 is 38.1 Å². The van der Waals surface area contributed by atoms with Gasteiger partial charge >= 0.3 is 0 Å². The quantitative estimate of drug-likeness (QED) is 0.147. The highest BCUT2D eigenvalue weighted by Crippen LogP contribution is 2.29. The molecule has 0 aromatic heterocycles. The summed E-state index contributed by atoms with van der Waals surface area (Å²) in [5.41, 5.74) is 0.686. The minimum atomic E-state index is -1.03. The van der Waals surface area contributed by atoms with Crippen molar-refractivity contribution in [2.45, 2.75) is 56.8 Å². The van der Waals surface area contributed by atoms with Gasteiger partial charge in [-0.2, -0.15) is 0 Å². The Morgan fingerprint density at radius 2 is 1.49 bits per heavy atom. The van der Waals surface area contributed by atoms with E-state index in [1.807, 2.05) is 30.3 Å². The van der Waals surface area contributed by atoms with Gasteiger partial charge in [0.05, 0.1) is 32.8 Å². The molecule has 1 aliphatic heterocycles. The van der Waals surface area contributed by atoms with E-state index in [0.717, 1.165) is 11.1 Å². The summed E-state index contributed by atoms with van der Waals surface area (Å²) in [6, 6.07) is 13.6. The Bertz CT molecular complexity index is 1170. The second-order valence-corrected chi connectivity index (χ2v) is 10.1. The minimum absolute atomic E-state index is 0.0425. The molecule has 0 bridgehead atoms. The van der Waals surface area contributed by atoms with E-state index in [4.69, 9.17) is 18.9 Å². The van der Waals surface area contributed by atoms with E-state index in [1.165, 1.54) is 14.0 Å². The van der Waals surface area contributed by atoms with Crippen molar-refractivity contribution in [3.8, 4) is 5.75 Å². The van der Waals surface area contributed by atoms with Crippen LogP contribution in [0.25, 0.3) is 0 Å². The third-order valence-electron chi connectivity index (χ3n) is 6.69. The molecule has 0 unspecified atom stereocenters. The molecule has 0 saturated carbocycles. The summed E-state index contributed by atoms with van der Waals surface area (Å²) in [5, 5.41) is 8.21. The standard InChI is InChI=1S/C30H39N3O8/c1-20(31-26(34)14-15-40-19-38-3)28(36)33-25(17-22-10-12-23(39-4)13-11-22)29(37)32-24(27(35)30(2)18-41-30)16-21-8-6-5-7-9-21/h5-13,20,24-25H,14-19H2,1-4H3,(H,31,34)(H,32,37)(H,33,36)/t20-,24-,25-,30+/m0/s1. The number of hydrogen-bond acceptors (Lipinski definition) is 8. The van der Waals surface area contributed by atoms with Crippen LogP contribution in [-0.4, -0.2) is 81.5 Å². The highest BCUT2D eigenvalue weighted by atomic mass is 16.7. The van der Waals surface area contributed by atoms with Crippen LogP contribution in [0.5, 0.6) is 5.75 Å². The predicted molar refractivity (Wildman–Crippen MR) is 150 cm³/mol. The molecule has 3 N–H and O–H groups in total. The molecule has 2 aromatic carbocycles. The normalized spacial score (nSPS) is 18.0. The van der Waals surface area contributed by atoms with Crippen molar-refractivity contribution in [1.82, 2.24) is 16.0 Å². The summed E-state index contributed by atoms with van der Waals surface area (Å²) < 4.78 is 20.5. The first-order valence-electron chi connectivity index (χ1n) is 13.5. The number of ether oxygens (including phenoxy) is 4. The zero-order valence-corrected chi connectivity index (χ0v) is 23.9. The number of hydrogen-bond donors (Lipinski definition) is 3. The van der Waals surface area contributed by atoms with Gasteiger partial charge in [-0.3, -0.25) is 19.2 Å². The number of amides is 3. The maximum Gasteiger partial charge on any atom is 0.243 e. The van der Waals surface area contributed by atoms with Crippen LogP contribution in [0.1, 0.15) is 31.4 Å². The van der Waals surface area contributed by atoms with Crippen LogP contribution >= 0.6 is 0 Å². The maximum atomic E-state index is 13.6. The zero-order chi connectivity index (χ0) is 29.8. The fourth-order valence-corrected chi connectivity index (χ4v) is 4.14. The molecule has 0 radical (unpaired) electrons. The van der Waals surface area contributed by atoms with Crippen LogP contribution in [0.15, 0.2) is 54.6 Å². The van der Waals surface area contributed by atoms with Gasteiger partial charge in [-0.25, -0.2) is 0 Å². The zero-order valence-electron chi connectivity index (χ0n) is 23.9. The molecule has 1 saturated heterocycles. The number of carbonyl (C=O) groups is 4. The lowest BCUT2D eigenvalue weighted by Crippen LogP contribution is -2.57. The van der Waals surface area contributed by atoms with Gasteiger partial charge in [0.15, 0.2) is 5.78 Å². The van der Waals surface area contributed by atoms with Gasteiger partial charge in [0, 0.05) is 13.5 Å². The minimum Gasteiger partial charge on any atom is -0.497 e. The van der Waals surface area contributed by atoms with Gasteiger partial charge in [0.25, 0.3) is 0 Å². The van der Waals surface area contributed by atoms with Crippen LogP contribution in [0, 0.1) is 0 Å². The van der Waals surface area contributed by atoms with E-state index < -0.39 is 35.5 Å². The van der Waals surface area contributed by atoms with Crippen LogP contribution in [-0.2, 0) is 46.2 Å². The number of Topliss-reactive ketones (excluding diaryl/α,β-unsaturated/α-hetero) is 1. The summed E-state index contributed by atoms with van der Waals surface area (Å²) in [6.45, 7) is 3.70. The van der Waals surface area contributed by atoms with Crippen molar-refractivity contribution in [2.24, 2.45) is 0 Å². The Morgan fingerprint density at radius 3 is 2.10 bits per heavy atom. The third-order valence-corrected chi connectivity index (χ3v) is 6.69. The molecule has 1 aliphatic rings. The second-order valence-electron chi connectivity index (χ2n) is 10.1. The number of ketones is 1. The number of methoxy groups -OCH3 is 2. The smallest absolute Gasteiger partial charge is 0.243 e. The van der Waals surface area contributed by atoms with Gasteiger partial charge in [-0.05, 0) is 43.5 Å². The van der Waals surface area contributed by atoms with E-state index in [1.54, 1.807) is 38.3 Å². The highest BCUT2D eigenvalue weighted by Gasteiger charge is 2.50. The van der Waals surface area contributed by atoms with E-state index in [2.05, 4.69) is 16.0 Å². The van der Waals surface area contributed by atoms with Crippen molar-refractivity contribution >= 4 is 23.5 Å². The van der Waals surface area contributed by atoms with E-state index in [9.17, 15) is 19.2 Å². The molecule has 1 fully saturated rings. The van der Waals surface area contributed by atoms with Crippen LogP contribution in [0.3, 0.4) is 0 Å². The first-order chi connectivity index (χ1) is 19.6. The molecule has 11 heteroatoms. The topological polar surface area (TPSA) is 145 Å². The molecule has 222 valence electrons. The molecular weight excluding hydrogens is 530 g/mol. The van der Waals surface area contributed by atoms with Crippen LogP contribution in [0.4, 0.5) is 0 Å². The molecule has 0 spiro atoms. The first kappa shape index (κ1) is 31.7. The van der Waals surface area contributed by atoms with Gasteiger partial charge in [-0.15, -0.1) is 0 Å². The SMILES string of the molecule is COCOCCC(=O)N[C@@H](C)C(=O)N[C@@H](Cc1ccc(OC)cc1)C(=O)N[C@@H](Cc1ccccc1)C(=O)[C@@]1(C)CO1. The molecule has 11 nitrogen and oxygen atoms in total. The van der Waals surface area contributed by atoms with Gasteiger partial charge < -0.3 is 34.9 Å². The lowest BCUT2D eigenvalue weighted by Gasteiger charge is -2.25. The molecular formula is C30H39N3O8. The summed E-state index contributed by atoms with van der Waals surface area (Å²) in [5.74, 6) is -1.05. The summed E-state index contributed by atoms with van der Waals surface area (Å²) in [4.78, 5) is 52.2. The third kappa shape index (κ3) is 9.96.